The Morgan fingerprint density at radius 3 is 2.42 bits per heavy atom. The summed E-state index contributed by atoms with van der Waals surface area (Å²) in [5.41, 5.74) is 2.90. The van der Waals surface area contributed by atoms with E-state index in [0.29, 0.717) is 37.2 Å². The molecule has 1 aromatic heterocycles. The Labute approximate surface area is 197 Å². The van der Waals surface area contributed by atoms with Crippen LogP contribution in [0.25, 0.3) is 11.1 Å². The summed E-state index contributed by atoms with van der Waals surface area (Å²) in [6.45, 7) is 1.18. The van der Waals surface area contributed by atoms with Crippen molar-refractivity contribution in [1.82, 2.24) is 14.8 Å². The number of pyridine rings is 1. The molecule has 3 aromatic rings. The molecule has 1 N–H and O–H groups in total. The van der Waals surface area contributed by atoms with Crippen LogP contribution in [-0.4, -0.2) is 52.9 Å². The van der Waals surface area contributed by atoms with Crippen LogP contribution in [0.4, 0.5) is 14.9 Å². The summed E-state index contributed by atoms with van der Waals surface area (Å²) in [7, 11) is 1.77. The molecule has 8 heteroatoms. The lowest BCUT2D eigenvalue weighted by molar-refractivity contribution is 0.0671. The Morgan fingerprint density at radius 1 is 1.09 bits per heavy atom. The minimum absolute atomic E-state index is 0.0313. The maximum Gasteiger partial charge on any atom is 0.321 e. The van der Waals surface area contributed by atoms with Crippen LogP contribution in [0, 0.1) is 5.82 Å². The smallest absolute Gasteiger partial charge is 0.321 e. The molecule has 1 aliphatic rings. The molecule has 0 aliphatic carbocycles. The van der Waals surface area contributed by atoms with Crippen molar-refractivity contribution in [2.24, 2.45) is 0 Å². The molecule has 0 spiro atoms. The second-order valence-corrected chi connectivity index (χ2v) is 8.42. The summed E-state index contributed by atoms with van der Waals surface area (Å²) in [6.07, 6.45) is 4.63. The highest BCUT2D eigenvalue weighted by Crippen LogP contribution is 2.26. The fraction of sp³-hybridized carbons (Fsp3) is 0.240. The van der Waals surface area contributed by atoms with E-state index in [-0.39, 0.29) is 23.0 Å². The fourth-order valence-electron chi connectivity index (χ4n) is 3.93. The normalized spacial score (nSPS) is 14.1. The van der Waals surface area contributed by atoms with Gasteiger partial charge in [0.05, 0.1) is 10.6 Å². The van der Waals surface area contributed by atoms with Crippen molar-refractivity contribution in [2.75, 3.05) is 25.5 Å². The molecular weight excluding hydrogens is 443 g/mol. The van der Waals surface area contributed by atoms with E-state index in [4.69, 9.17) is 11.6 Å². The van der Waals surface area contributed by atoms with Crippen molar-refractivity contribution in [1.29, 1.82) is 0 Å². The van der Waals surface area contributed by atoms with Gasteiger partial charge in [-0.05, 0) is 60.4 Å². The Balaban J connectivity index is 1.31. The van der Waals surface area contributed by atoms with Crippen LogP contribution in [0.3, 0.4) is 0 Å². The van der Waals surface area contributed by atoms with Crippen LogP contribution >= 0.6 is 11.6 Å². The topological polar surface area (TPSA) is 65.5 Å². The number of piperidine rings is 1. The molecule has 170 valence electrons. The van der Waals surface area contributed by atoms with Gasteiger partial charge in [0.15, 0.2) is 0 Å². The number of aromatic nitrogens is 1. The first-order valence-electron chi connectivity index (χ1n) is 10.7. The molecule has 0 bridgehead atoms. The number of hydrogen-bond acceptors (Lipinski definition) is 3. The summed E-state index contributed by atoms with van der Waals surface area (Å²) < 4.78 is 13.4. The van der Waals surface area contributed by atoms with Gasteiger partial charge in [-0.1, -0.05) is 29.8 Å². The maximum absolute atomic E-state index is 13.4. The van der Waals surface area contributed by atoms with Crippen LogP contribution in [0.1, 0.15) is 23.2 Å². The maximum atomic E-state index is 13.4. The number of carbonyl (C=O) groups excluding carboxylic acids is 2. The highest BCUT2D eigenvalue weighted by atomic mass is 35.5. The molecule has 3 amide bonds. The van der Waals surface area contributed by atoms with Gasteiger partial charge in [0.2, 0.25) is 0 Å². The summed E-state index contributed by atoms with van der Waals surface area (Å²) in [5, 5.41) is 2.98. The number of anilines is 1. The van der Waals surface area contributed by atoms with Gasteiger partial charge in [0, 0.05) is 44.3 Å². The van der Waals surface area contributed by atoms with E-state index in [0.717, 1.165) is 11.1 Å². The number of nitrogens with zero attached hydrogens (tertiary/aromatic N) is 3. The lowest BCUT2D eigenvalue weighted by atomic mass is 10.0. The van der Waals surface area contributed by atoms with Gasteiger partial charge in [-0.25, -0.2) is 9.18 Å². The predicted octanol–water partition coefficient (Wildman–Crippen LogP) is 5.31. The largest absolute Gasteiger partial charge is 0.338 e. The van der Waals surface area contributed by atoms with Gasteiger partial charge in [0.25, 0.3) is 5.91 Å². The standard InChI is InChI=1S/C25H24ClFN4O2/c1-30(21-10-13-31(14-11-21)24(32)19-3-2-12-28-16-19)25(33)29-20-7-4-17(5-8-20)18-6-9-23(27)22(26)15-18/h2-9,12,15-16,21H,10-11,13-14H2,1H3,(H,29,33). The minimum atomic E-state index is -0.459. The Bertz CT molecular complexity index is 1130. The van der Waals surface area contributed by atoms with Gasteiger partial charge in [-0.2, -0.15) is 0 Å². The number of nitrogens with one attached hydrogen (secondary N) is 1. The van der Waals surface area contributed by atoms with Crippen molar-refractivity contribution < 1.29 is 14.0 Å². The quantitative estimate of drug-likeness (QED) is 0.566. The van der Waals surface area contributed by atoms with Gasteiger partial charge in [0.1, 0.15) is 5.82 Å². The first kappa shape index (κ1) is 22.7. The van der Waals surface area contributed by atoms with Crippen molar-refractivity contribution in [2.45, 2.75) is 18.9 Å². The summed E-state index contributed by atoms with van der Waals surface area (Å²) in [4.78, 5) is 32.8. The van der Waals surface area contributed by atoms with Crippen LogP contribution in [0.5, 0.6) is 0 Å². The number of carbonyl (C=O) groups is 2. The van der Waals surface area contributed by atoms with Gasteiger partial charge in [-0.15, -0.1) is 0 Å². The fourth-order valence-corrected chi connectivity index (χ4v) is 4.11. The molecule has 2 heterocycles. The van der Waals surface area contributed by atoms with Crippen molar-refractivity contribution in [3.63, 3.8) is 0 Å². The zero-order valence-corrected chi connectivity index (χ0v) is 18.9. The molecule has 33 heavy (non-hydrogen) atoms. The van der Waals surface area contributed by atoms with Gasteiger partial charge < -0.3 is 15.1 Å². The average Bonchev–Trinajstić information content (AvgIpc) is 2.86. The molecule has 0 saturated carbocycles. The SMILES string of the molecule is CN(C(=O)Nc1ccc(-c2ccc(F)c(Cl)c2)cc1)C1CCN(C(=O)c2cccnc2)CC1. The number of likely N-dealkylation sites (tertiary alicyclic amines) is 1. The third-order valence-corrected chi connectivity index (χ3v) is 6.21. The zero-order chi connectivity index (χ0) is 23.4. The van der Waals surface area contributed by atoms with Crippen LogP contribution < -0.4 is 5.32 Å². The molecule has 1 fully saturated rings. The molecule has 0 unspecified atom stereocenters. The lowest BCUT2D eigenvalue weighted by Gasteiger charge is -2.36. The van der Waals surface area contributed by atoms with Gasteiger partial charge in [-0.3, -0.25) is 9.78 Å². The lowest BCUT2D eigenvalue weighted by Crippen LogP contribution is -2.48. The third kappa shape index (κ3) is 5.31. The van der Waals surface area contributed by atoms with E-state index in [9.17, 15) is 14.0 Å². The second kappa shape index (κ2) is 10.0. The Morgan fingerprint density at radius 2 is 1.79 bits per heavy atom. The van der Waals surface area contributed by atoms with Crippen molar-refractivity contribution >= 4 is 29.2 Å². The van der Waals surface area contributed by atoms with Gasteiger partial charge >= 0.3 is 6.03 Å². The van der Waals surface area contributed by atoms with Crippen LogP contribution in [0.2, 0.25) is 5.02 Å². The number of halogens is 2. The minimum Gasteiger partial charge on any atom is -0.338 e. The highest BCUT2D eigenvalue weighted by molar-refractivity contribution is 6.31. The first-order valence-corrected chi connectivity index (χ1v) is 11.1. The molecule has 4 rings (SSSR count). The molecule has 1 aliphatic heterocycles. The monoisotopic (exact) mass is 466 g/mol. The highest BCUT2D eigenvalue weighted by Gasteiger charge is 2.28. The number of urea groups is 1. The predicted molar refractivity (Wildman–Crippen MR) is 127 cm³/mol. The Hall–Kier alpha value is -3.45. The summed E-state index contributed by atoms with van der Waals surface area (Å²) in [6, 6.07) is 15.2. The molecular formula is C25H24ClFN4O2. The zero-order valence-electron chi connectivity index (χ0n) is 18.2. The number of hydrogen-bond donors (Lipinski definition) is 1. The van der Waals surface area contributed by atoms with E-state index in [1.54, 1.807) is 65.6 Å². The molecule has 0 atom stereocenters. The van der Waals surface area contributed by atoms with E-state index in [1.165, 1.54) is 6.07 Å². The molecule has 1 saturated heterocycles. The molecule has 2 aromatic carbocycles. The van der Waals surface area contributed by atoms with Crippen LogP contribution in [0.15, 0.2) is 67.0 Å². The number of rotatable bonds is 4. The summed E-state index contributed by atoms with van der Waals surface area (Å²) >= 11 is 5.87. The van der Waals surface area contributed by atoms with Crippen molar-refractivity contribution in [3.8, 4) is 11.1 Å². The van der Waals surface area contributed by atoms with Crippen LogP contribution in [-0.2, 0) is 0 Å². The van der Waals surface area contributed by atoms with E-state index in [2.05, 4.69) is 10.3 Å². The Kier molecular flexibility index (Phi) is 6.89. The number of amides is 3. The van der Waals surface area contributed by atoms with E-state index < -0.39 is 5.82 Å². The first-order chi connectivity index (χ1) is 15.9. The van der Waals surface area contributed by atoms with Crippen molar-refractivity contribution in [3.05, 3.63) is 83.4 Å². The van der Waals surface area contributed by atoms with E-state index >= 15 is 0 Å². The molecule has 0 radical (unpaired) electrons. The average molecular weight is 467 g/mol. The van der Waals surface area contributed by atoms with E-state index in [1.807, 2.05) is 12.1 Å². The second-order valence-electron chi connectivity index (χ2n) is 8.01. The third-order valence-electron chi connectivity index (χ3n) is 5.92. The summed E-state index contributed by atoms with van der Waals surface area (Å²) in [5.74, 6) is -0.490. The number of benzene rings is 2. The molecule has 6 nitrogen and oxygen atoms in total.